The van der Waals surface area contributed by atoms with E-state index in [1.807, 2.05) is 6.07 Å². The molecule has 1 aromatic carbocycles. The van der Waals surface area contributed by atoms with Gasteiger partial charge in [0.1, 0.15) is 0 Å². The number of aromatic nitrogens is 3. The maximum absolute atomic E-state index is 11.6. The van der Waals surface area contributed by atoms with Gasteiger partial charge in [0, 0.05) is 6.42 Å². The molecule has 100 valence electrons. The summed E-state index contributed by atoms with van der Waals surface area (Å²) in [6, 6.07) is 8.27. The van der Waals surface area contributed by atoms with E-state index in [9.17, 15) is 14.4 Å². The van der Waals surface area contributed by atoms with E-state index < -0.39 is 23.4 Å². The minimum Gasteiger partial charge on any atom is -0.481 e. The monoisotopic (exact) mass is 263 g/mol. The van der Waals surface area contributed by atoms with Crippen molar-refractivity contribution in [2.45, 2.75) is 18.9 Å². The van der Waals surface area contributed by atoms with Gasteiger partial charge in [0.25, 0.3) is 0 Å². The number of aromatic amines is 2. The molecule has 0 amide bonds. The number of carboxylic acids is 1. The minimum absolute atomic E-state index is 0.128. The molecule has 7 heteroatoms. The third-order valence-electron chi connectivity index (χ3n) is 2.84. The molecule has 2 aromatic rings. The fourth-order valence-corrected chi connectivity index (χ4v) is 1.98. The van der Waals surface area contributed by atoms with Crippen molar-refractivity contribution in [2.75, 3.05) is 0 Å². The third-order valence-corrected chi connectivity index (χ3v) is 2.84. The highest BCUT2D eigenvalue weighted by molar-refractivity contribution is 5.66. The van der Waals surface area contributed by atoms with Gasteiger partial charge in [-0.05, 0) is 12.0 Å². The summed E-state index contributed by atoms with van der Waals surface area (Å²) in [5.74, 6) is -0.971. The van der Waals surface area contributed by atoms with Crippen LogP contribution in [0.4, 0.5) is 0 Å². The van der Waals surface area contributed by atoms with Crippen LogP contribution in [0.15, 0.2) is 39.9 Å². The molecule has 0 aliphatic rings. The maximum Gasteiger partial charge on any atom is 0.344 e. The summed E-state index contributed by atoms with van der Waals surface area (Å²) in [5, 5.41) is 13.2. The molecule has 0 saturated heterocycles. The van der Waals surface area contributed by atoms with Crippen LogP contribution in [-0.2, 0) is 4.79 Å². The third kappa shape index (κ3) is 2.82. The van der Waals surface area contributed by atoms with Gasteiger partial charge in [-0.15, -0.1) is 0 Å². The van der Waals surface area contributed by atoms with E-state index in [1.165, 1.54) is 0 Å². The molecular weight excluding hydrogens is 250 g/mol. The van der Waals surface area contributed by atoms with Crippen LogP contribution in [0.25, 0.3) is 0 Å². The Morgan fingerprint density at radius 1 is 1.16 bits per heavy atom. The number of rotatable bonds is 5. The summed E-state index contributed by atoms with van der Waals surface area (Å²) in [6.07, 6.45) is 0.0385. The molecule has 2 rings (SSSR count). The van der Waals surface area contributed by atoms with Crippen molar-refractivity contribution in [3.8, 4) is 0 Å². The highest BCUT2D eigenvalue weighted by Gasteiger charge is 2.19. The molecule has 0 aliphatic carbocycles. The lowest BCUT2D eigenvalue weighted by Gasteiger charge is -2.15. The standard InChI is InChI=1S/C12H13N3O4/c16-10(17)7-6-9(8-4-2-1-3-5-8)15-11(18)13-14-12(15)19/h1-5,9H,6-7H2,(H,13,18)(H,14,19)(H,16,17). The molecule has 3 N–H and O–H groups in total. The second kappa shape index (κ2) is 5.38. The molecular formula is C12H13N3O4. The summed E-state index contributed by atoms with van der Waals surface area (Å²) in [7, 11) is 0. The van der Waals surface area contributed by atoms with Crippen LogP contribution in [0.2, 0.25) is 0 Å². The molecule has 7 nitrogen and oxygen atoms in total. The van der Waals surface area contributed by atoms with E-state index in [-0.39, 0.29) is 12.8 Å². The first-order valence-electron chi connectivity index (χ1n) is 5.75. The first kappa shape index (κ1) is 12.9. The number of nitrogens with one attached hydrogen (secondary N) is 2. The first-order valence-corrected chi connectivity index (χ1v) is 5.75. The summed E-state index contributed by atoms with van der Waals surface area (Å²) in [4.78, 5) is 33.9. The van der Waals surface area contributed by atoms with Crippen molar-refractivity contribution in [1.82, 2.24) is 14.8 Å². The lowest BCUT2D eigenvalue weighted by molar-refractivity contribution is -0.137. The van der Waals surface area contributed by atoms with Gasteiger partial charge in [-0.2, -0.15) is 0 Å². The van der Waals surface area contributed by atoms with Gasteiger partial charge < -0.3 is 5.11 Å². The SMILES string of the molecule is O=C(O)CCC(c1ccccc1)n1c(=O)[nH][nH]c1=O. The van der Waals surface area contributed by atoms with Crippen LogP contribution in [0.1, 0.15) is 24.4 Å². The second-order valence-electron chi connectivity index (χ2n) is 4.09. The molecule has 0 aliphatic heterocycles. The summed E-state index contributed by atoms with van der Waals surface area (Å²) in [6.45, 7) is 0. The van der Waals surface area contributed by atoms with Crippen molar-refractivity contribution < 1.29 is 9.90 Å². The zero-order valence-corrected chi connectivity index (χ0v) is 10.00. The number of aliphatic carboxylic acids is 1. The number of nitrogens with zero attached hydrogens (tertiary/aromatic N) is 1. The van der Waals surface area contributed by atoms with E-state index in [0.717, 1.165) is 10.1 Å². The van der Waals surface area contributed by atoms with Gasteiger partial charge in [-0.3, -0.25) is 4.79 Å². The van der Waals surface area contributed by atoms with E-state index in [2.05, 4.69) is 10.2 Å². The van der Waals surface area contributed by atoms with Gasteiger partial charge in [0.05, 0.1) is 6.04 Å². The topological polar surface area (TPSA) is 108 Å². The van der Waals surface area contributed by atoms with E-state index in [0.29, 0.717) is 0 Å². The van der Waals surface area contributed by atoms with Gasteiger partial charge in [0.15, 0.2) is 0 Å². The summed E-state index contributed by atoms with van der Waals surface area (Å²) < 4.78 is 0.998. The van der Waals surface area contributed by atoms with Crippen LogP contribution in [0, 0.1) is 0 Å². The Balaban J connectivity index is 2.43. The van der Waals surface area contributed by atoms with Crippen molar-refractivity contribution >= 4 is 5.97 Å². The van der Waals surface area contributed by atoms with Crippen LogP contribution in [0.3, 0.4) is 0 Å². The Labute approximate surface area is 107 Å². The molecule has 19 heavy (non-hydrogen) atoms. The second-order valence-corrected chi connectivity index (χ2v) is 4.09. The fraction of sp³-hybridized carbons (Fsp3) is 0.250. The lowest BCUT2D eigenvalue weighted by Crippen LogP contribution is -2.32. The Morgan fingerprint density at radius 2 is 1.74 bits per heavy atom. The molecule has 1 atom stereocenters. The van der Waals surface area contributed by atoms with Crippen molar-refractivity contribution in [2.24, 2.45) is 0 Å². The van der Waals surface area contributed by atoms with Gasteiger partial charge >= 0.3 is 17.3 Å². The van der Waals surface area contributed by atoms with E-state index >= 15 is 0 Å². The number of carbonyl (C=O) groups is 1. The molecule has 0 saturated carbocycles. The number of benzene rings is 1. The van der Waals surface area contributed by atoms with Gasteiger partial charge in [0.2, 0.25) is 0 Å². The van der Waals surface area contributed by atoms with E-state index in [1.54, 1.807) is 24.3 Å². The average molecular weight is 263 g/mol. The molecule has 1 unspecified atom stereocenters. The minimum atomic E-state index is -0.971. The Kier molecular flexibility index (Phi) is 3.65. The predicted molar refractivity (Wildman–Crippen MR) is 67.1 cm³/mol. The number of carboxylic acid groups (broad SMARTS) is 1. The lowest BCUT2D eigenvalue weighted by atomic mass is 10.0. The molecule has 0 spiro atoms. The summed E-state index contributed by atoms with van der Waals surface area (Å²) in [5.41, 5.74) is -0.440. The molecule has 0 radical (unpaired) electrons. The van der Waals surface area contributed by atoms with Crippen molar-refractivity contribution in [3.05, 3.63) is 56.9 Å². The number of H-pyrrole nitrogens is 2. The highest BCUT2D eigenvalue weighted by atomic mass is 16.4. The molecule has 0 bridgehead atoms. The molecule has 1 heterocycles. The largest absolute Gasteiger partial charge is 0.481 e. The van der Waals surface area contributed by atoms with Crippen LogP contribution >= 0.6 is 0 Å². The van der Waals surface area contributed by atoms with Crippen molar-refractivity contribution in [3.63, 3.8) is 0 Å². The Bertz CT molecular complexity index is 641. The quantitative estimate of drug-likeness (QED) is 0.721. The van der Waals surface area contributed by atoms with Crippen LogP contribution in [0.5, 0.6) is 0 Å². The normalized spacial score (nSPS) is 12.2. The van der Waals surface area contributed by atoms with Crippen LogP contribution < -0.4 is 11.4 Å². The smallest absolute Gasteiger partial charge is 0.344 e. The maximum atomic E-state index is 11.6. The van der Waals surface area contributed by atoms with Crippen LogP contribution in [-0.4, -0.2) is 25.8 Å². The van der Waals surface area contributed by atoms with Gasteiger partial charge in [-0.25, -0.2) is 24.4 Å². The molecule has 0 fully saturated rings. The van der Waals surface area contributed by atoms with Crippen molar-refractivity contribution in [1.29, 1.82) is 0 Å². The fourth-order valence-electron chi connectivity index (χ4n) is 1.98. The first-order chi connectivity index (χ1) is 9.09. The number of hydrogen-bond acceptors (Lipinski definition) is 3. The van der Waals surface area contributed by atoms with E-state index in [4.69, 9.17) is 5.11 Å². The summed E-state index contributed by atoms with van der Waals surface area (Å²) >= 11 is 0. The zero-order valence-electron chi connectivity index (χ0n) is 10.00. The highest BCUT2D eigenvalue weighted by Crippen LogP contribution is 2.20. The number of hydrogen-bond donors (Lipinski definition) is 3. The Morgan fingerprint density at radius 3 is 2.26 bits per heavy atom. The van der Waals surface area contributed by atoms with Gasteiger partial charge in [-0.1, -0.05) is 30.3 Å². The Hall–Kier alpha value is -2.57. The zero-order chi connectivity index (χ0) is 13.8. The molecule has 1 aromatic heterocycles. The average Bonchev–Trinajstić information content (AvgIpc) is 2.72. The predicted octanol–water partition coefficient (Wildman–Crippen LogP) is 0.319.